The topological polar surface area (TPSA) is 42.9 Å². The zero-order valence-corrected chi connectivity index (χ0v) is 18.0. The molecular weight excluding hydrogens is 322 g/mol. The molecule has 2 fully saturated rings. The van der Waals surface area contributed by atoms with E-state index in [1.807, 2.05) is 7.05 Å². The Morgan fingerprint density at radius 3 is 2.27 bits per heavy atom. The van der Waals surface area contributed by atoms with Crippen LogP contribution in [0.5, 0.6) is 0 Å². The first-order valence-corrected chi connectivity index (χ1v) is 10.8. The van der Waals surface area contributed by atoms with Gasteiger partial charge in [-0.15, -0.1) is 0 Å². The van der Waals surface area contributed by atoms with Crippen LogP contribution in [0.3, 0.4) is 0 Å². The maximum Gasteiger partial charge on any atom is 0.191 e. The van der Waals surface area contributed by atoms with Crippen molar-refractivity contribution < 1.29 is 0 Å². The van der Waals surface area contributed by atoms with Crippen molar-refractivity contribution in [2.45, 2.75) is 52.9 Å². The summed E-state index contributed by atoms with van der Waals surface area (Å²) < 4.78 is 0. The van der Waals surface area contributed by atoms with Crippen LogP contribution in [-0.2, 0) is 0 Å². The van der Waals surface area contributed by atoms with Crippen molar-refractivity contribution in [3.63, 3.8) is 0 Å². The van der Waals surface area contributed by atoms with Gasteiger partial charge in [-0.05, 0) is 43.6 Å². The molecule has 0 bridgehead atoms. The van der Waals surface area contributed by atoms with Crippen LogP contribution in [-0.4, -0.2) is 75.7 Å². The summed E-state index contributed by atoms with van der Waals surface area (Å²) in [5, 5.41) is 7.20. The second-order valence-electron chi connectivity index (χ2n) is 9.32. The largest absolute Gasteiger partial charge is 0.356 e. The molecule has 1 saturated carbocycles. The quantitative estimate of drug-likeness (QED) is 0.513. The Labute approximate surface area is 162 Å². The van der Waals surface area contributed by atoms with Crippen molar-refractivity contribution in [2.24, 2.45) is 22.2 Å². The lowest BCUT2D eigenvalue weighted by Crippen LogP contribution is -2.48. The predicted molar refractivity (Wildman–Crippen MR) is 113 cm³/mol. The average molecular weight is 366 g/mol. The number of nitrogens with one attached hydrogen (secondary N) is 2. The van der Waals surface area contributed by atoms with E-state index in [-0.39, 0.29) is 0 Å². The van der Waals surface area contributed by atoms with Crippen molar-refractivity contribution in [3.05, 3.63) is 0 Å². The van der Waals surface area contributed by atoms with Gasteiger partial charge in [0.1, 0.15) is 0 Å². The van der Waals surface area contributed by atoms with Gasteiger partial charge in [-0.3, -0.25) is 4.99 Å². The van der Waals surface area contributed by atoms with Gasteiger partial charge in [-0.2, -0.15) is 0 Å². The maximum absolute atomic E-state index is 4.46. The van der Waals surface area contributed by atoms with E-state index in [1.165, 1.54) is 64.8 Å². The molecule has 0 aromatic rings. The van der Waals surface area contributed by atoms with Crippen LogP contribution in [0.2, 0.25) is 0 Å². The number of guanidine groups is 1. The molecule has 2 rings (SSSR count). The normalized spacial score (nSPS) is 23.4. The van der Waals surface area contributed by atoms with Crippen LogP contribution in [0.15, 0.2) is 4.99 Å². The lowest BCUT2D eigenvalue weighted by Gasteiger charge is -2.34. The van der Waals surface area contributed by atoms with Crippen LogP contribution in [0.1, 0.15) is 52.9 Å². The van der Waals surface area contributed by atoms with Gasteiger partial charge < -0.3 is 20.4 Å². The molecular formula is C21H43N5. The Hall–Kier alpha value is -0.810. The summed E-state index contributed by atoms with van der Waals surface area (Å²) in [5.41, 5.74) is 0.483. The van der Waals surface area contributed by atoms with Crippen LogP contribution in [0, 0.1) is 17.3 Å². The molecule has 0 radical (unpaired) electrons. The van der Waals surface area contributed by atoms with Gasteiger partial charge >= 0.3 is 0 Å². The van der Waals surface area contributed by atoms with Gasteiger partial charge in [0.15, 0.2) is 5.96 Å². The molecule has 1 aliphatic carbocycles. The molecule has 5 nitrogen and oxygen atoms in total. The standard InChI is InChI=1S/C21H43N5/c1-18(2)14-21(8-6-7-9-21)17-24-20(22-4)23-15-19(3)16-26-12-10-25(5)11-13-26/h18-19H,6-17H2,1-5H3,(H2,22,23,24). The molecule has 1 heterocycles. The van der Waals surface area contributed by atoms with Gasteiger partial charge in [-0.25, -0.2) is 0 Å². The highest BCUT2D eigenvalue weighted by atomic mass is 15.2. The molecule has 1 saturated heterocycles. The summed E-state index contributed by atoms with van der Waals surface area (Å²) in [7, 11) is 4.11. The Balaban J connectivity index is 1.71. The second-order valence-corrected chi connectivity index (χ2v) is 9.32. The maximum atomic E-state index is 4.46. The van der Waals surface area contributed by atoms with Crippen molar-refractivity contribution in [2.75, 3.05) is 59.9 Å². The van der Waals surface area contributed by atoms with E-state index in [2.05, 4.69) is 53.2 Å². The minimum atomic E-state index is 0.483. The number of rotatable bonds is 8. The molecule has 0 aromatic heterocycles. The minimum Gasteiger partial charge on any atom is -0.356 e. The Kier molecular flexibility index (Phi) is 8.68. The number of hydrogen-bond acceptors (Lipinski definition) is 3. The highest BCUT2D eigenvalue weighted by Crippen LogP contribution is 2.42. The first kappa shape index (κ1) is 21.5. The fourth-order valence-corrected chi connectivity index (χ4v) is 4.74. The van der Waals surface area contributed by atoms with Crippen LogP contribution in [0.4, 0.5) is 0 Å². The van der Waals surface area contributed by atoms with E-state index < -0.39 is 0 Å². The van der Waals surface area contributed by atoms with Gasteiger partial charge in [0.05, 0.1) is 0 Å². The molecule has 1 atom stereocenters. The van der Waals surface area contributed by atoms with Crippen molar-refractivity contribution in [1.82, 2.24) is 20.4 Å². The summed E-state index contributed by atoms with van der Waals surface area (Å²) in [5.74, 6) is 2.38. The van der Waals surface area contributed by atoms with E-state index in [0.717, 1.165) is 25.0 Å². The summed E-state index contributed by atoms with van der Waals surface area (Å²) in [6, 6.07) is 0. The molecule has 5 heteroatoms. The first-order chi connectivity index (χ1) is 12.4. The van der Waals surface area contributed by atoms with E-state index in [4.69, 9.17) is 0 Å². The Bertz CT molecular complexity index is 420. The third-order valence-electron chi connectivity index (χ3n) is 6.14. The Morgan fingerprint density at radius 1 is 1.04 bits per heavy atom. The van der Waals surface area contributed by atoms with E-state index in [1.54, 1.807) is 0 Å². The van der Waals surface area contributed by atoms with Gasteiger partial charge in [0, 0.05) is 52.9 Å². The molecule has 2 aliphatic rings. The van der Waals surface area contributed by atoms with Crippen LogP contribution < -0.4 is 10.6 Å². The zero-order valence-electron chi connectivity index (χ0n) is 18.0. The molecule has 0 aromatic carbocycles. The van der Waals surface area contributed by atoms with Crippen LogP contribution >= 0.6 is 0 Å². The molecule has 1 unspecified atom stereocenters. The van der Waals surface area contributed by atoms with Gasteiger partial charge in [-0.1, -0.05) is 33.6 Å². The van der Waals surface area contributed by atoms with Crippen molar-refractivity contribution in [1.29, 1.82) is 0 Å². The predicted octanol–water partition coefficient (Wildman–Crippen LogP) is 2.64. The molecule has 2 N–H and O–H groups in total. The van der Waals surface area contributed by atoms with Gasteiger partial charge in [0.25, 0.3) is 0 Å². The Morgan fingerprint density at radius 2 is 1.69 bits per heavy atom. The molecule has 26 heavy (non-hydrogen) atoms. The lowest BCUT2D eigenvalue weighted by molar-refractivity contribution is 0.139. The summed E-state index contributed by atoms with van der Waals surface area (Å²) in [4.78, 5) is 9.48. The average Bonchev–Trinajstić information content (AvgIpc) is 3.05. The molecule has 0 amide bonds. The monoisotopic (exact) mass is 365 g/mol. The van der Waals surface area contributed by atoms with Crippen molar-refractivity contribution >= 4 is 5.96 Å². The summed E-state index contributed by atoms with van der Waals surface area (Å²) >= 11 is 0. The third-order valence-corrected chi connectivity index (χ3v) is 6.14. The number of likely N-dealkylation sites (N-methyl/N-ethyl adjacent to an activating group) is 1. The number of aliphatic imine (C=N–C) groups is 1. The fourth-order valence-electron chi connectivity index (χ4n) is 4.74. The lowest BCUT2D eigenvalue weighted by atomic mass is 9.78. The smallest absolute Gasteiger partial charge is 0.191 e. The first-order valence-electron chi connectivity index (χ1n) is 10.8. The fraction of sp³-hybridized carbons (Fsp3) is 0.952. The molecule has 1 aliphatic heterocycles. The van der Waals surface area contributed by atoms with Crippen LogP contribution in [0.25, 0.3) is 0 Å². The number of nitrogens with zero attached hydrogens (tertiary/aromatic N) is 3. The molecule has 0 spiro atoms. The number of hydrogen-bond donors (Lipinski definition) is 2. The minimum absolute atomic E-state index is 0.483. The number of piperazine rings is 1. The summed E-state index contributed by atoms with van der Waals surface area (Å²) in [6.45, 7) is 15.1. The zero-order chi connectivity index (χ0) is 19.0. The van der Waals surface area contributed by atoms with E-state index in [0.29, 0.717) is 11.3 Å². The van der Waals surface area contributed by atoms with E-state index >= 15 is 0 Å². The van der Waals surface area contributed by atoms with Crippen molar-refractivity contribution in [3.8, 4) is 0 Å². The third kappa shape index (κ3) is 7.07. The van der Waals surface area contributed by atoms with Gasteiger partial charge in [0.2, 0.25) is 0 Å². The van der Waals surface area contributed by atoms with E-state index in [9.17, 15) is 0 Å². The highest BCUT2D eigenvalue weighted by molar-refractivity contribution is 5.79. The summed E-state index contributed by atoms with van der Waals surface area (Å²) in [6.07, 6.45) is 6.85. The molecule has 152 valence electrons. The second kappa shape index (κ2) is 10.5. The SMILES string of the molecule is CN=C(NCC(C)CN1CCN(C)CC1)NCC1(CC(C)C)CCCC1. The highest BCUT2D eigenvalue weighted by Gasteiger charge is 2.34.